The van der Waals surface area contributed by atoms with E-state index in [9.17, 15) is 9.90 Å². The molecule has 0 bridgehead atoms. The summed E-state index contributed by atoms with van der Waals surface area (Å²) in [7, 11) is 0. The number of rotatable bonds is 3. The Morgan fingerprint density at radius 3 is 2.25 bits per heavy atom. The third kappa shape index (κ3) is 1.86. The summed E-state index contributed by atoms with van der Waals surface area (Å²) >= 11 is 0. The first kappa shape index (κ1) is 11.9. The standard InChI is InChI=1S/C13H23NO2/c1-10(2)11-8-14(9-11)13(12(15)16)6-4-3-5-7-13/h10-11H,3-9H2,1-2H3,(H,15,16). The molecule has 1 N–H and O–H groups in total. The largest absolute Gasteiger partial charge is 0.480 e. The third-order valence-electron chi connectivity index (χ3n) is 4.54. The van der Waals surface area contributed by atoms with Crippen molar-refractivity contribution in [1.82, 2.24) is 4.90 Å². The highest BCUT2D eigenvalue weighted by atomic mass is 16.4. The zero-order chi connectivity index (χ0) is 11.8. The molecular weight excluding hydrogens is 202 g/mol. The maximum Gasteiger partial charge on any atom is 0.324 e. The second-order valence-electron chi connectivity index (χ2n) is 5.81. The molecule has 2 aliphatic rings. The van der Waals surface area contributed by atoms with Gasteiger partial charge in [-0.15, -0.1) is 0 Å². The number of nitrogens with zero attached hydrogens (tertiary/aromatic N) is 1. The Kier molecular flexibility index (Phi) is 3.24. The minimum atomic E-state index is -0.589. The summed E-state index contributed by atoms with van der Waals surface area (Å²) in [5.41, 5.74) is -0.510. The molecule has 0 aromatic rings. The van der Waals surface area contributed by atoms with E-state index in [-0.39, 0.29) is 0 Å². The molecule has 2 rings (SSSR count). The molecule has 1 aliphatic heterocycles. The quantitative estimate of drug-likeness (QED) is 0.801. The van der Waals surface area contributed by atoms with Crippen LogP contribution in [0.25, 0.3) is 0 Å². The van der Waals surface area contributed by atoms with Crippen molar-refractivity contribution in [3.63, 3.8) is 0 Å². The first-order valence-electron chi connectivity index (χ1n) is 6.55. The molecule has 3 nitrogen and oxygen atoms in total. The Hall–Kier alpha value is -0.570. The number of likely N-dealkylation sites (tertiary alicyclic amines) is 1. The molecule has 16 heavy (non-hydrogen) atoms. The number of carboxylic acid groups (broad SMARTS) is 1. The molecule has 92 valence electrons. The van der Waals surface area contributed by atoms with E-state index < -0.39 is 11.5 Å². The molecule has 0 atom stereocenters. The van der Waals surface area contributed by atoms with Crippen molar-refractivity contribution in [2.24, 2.45) is 11.8 Å². The molecule has 2 fully saturated rings. The molecule has 0 amide bonds. The van der Waals surface area contributed by atoms with Crippen LogP contribution in [0.5, 0.6) is 0 Å². The summed E-state index contributed by atoms with van der Waals surface area (Å²) in [6.45, 7) is 6.45. The van der Waals surface area contributed by atoms with E-state index in [0.717, 1.165) is 38.8 Å². The van der Waals surface area contributed by atoms with Gasteiger partial charge in [-0.25, -0.2) is 0 Å². The third-order valence-corrected chi connectivity index (χ3v) is 4.54. The van der Waals surface area contributed by atoms with Crippen LogP contribution in [0.1, 0.15) is 46.0 Å². The molecule has 0 spiro atoms. The van der Waals surface area contributed by atoms with Gasteiger partial charge in [0.05, 0.1) is 0 Å². The van der Waals surface area contributed by atoms with Gasteiger partial charge in [0.1, 0.15) is 5.54 Å². The Morgan fingerprint density at radius 2 is 1.81 bits per heavy atom. The lowest BCUT2D eigenvalue weighted by atomic mass is 9.75. The van der Waals surface area contributed by atoms with Crippen molar-refractivity contribution < 1.29 is 9.90 Å². The summed E-state index contributed by atoms with van der Waals surface area (Å²) < 4.78 is 0. The first-order valence-corrected chi connectivity index (χ1v) is 6.55. The van der Waals surface area contributed by atoms with Crippen LogP contribution in [0.15, 0.2) is 0 Å². The lowest BCUT2D eigenvalue weighted by molar-refractivity contribution is -0.162. The fraction of sp³-hybridized carbons (Fsp3) is 0.923. The Morgan fingerprint density at radius 1 is 1.25 bits per heavy atom. The summed E-state index contributed by atoms with van der Waals surface area (Å²) in [6.07, 6.45) is 5.07. The topological polar surface area (TPSA) is 40.5 Å². The average Bonchev–Trinajstić information content (AvgIpc) is 2.15. The second kappa shape index (κ2) is 4.36. The number of carboxylic acids is 1. The van der Waals surface area contributed by atoms with Crippen LogP contribution in [0.4, 0.5) is 0 Å². The molecule has 0 unspecified atom stereocenters. The normalized spacial score (nSPS) is 26.7. The highest BCUT2D eigenvalue weighted by molar-refractivity contribution is 5.79. The van der Waals surface area contributed by atoms with E-state index in [1.807, 2.05) is 0 Å². The van der Waals surface area contributed by atoms with E-state index in [2.05, 4.69) is 18.7 Å². The predicted molar refractivity (Wildman–Crippen MR) is 63.4 cm³/mol. The van der Waals surface area contributed by atoms with Gasteiger partial charge in [0.15, 0.2) is 0 Å². The SMILES string of the molecule is CC(C)C1CN(C2(C(=O)O)CCCCC2)C1. The van der Waals surface area contributed by atoms with E-state index in [4.69, 9.17) is 0 Å². The maximum atomic E-state index is 11.5. The van der Waals surface area contributed by atoms with Gasteiger partial charge in [-0.05, 0) is 24.7 Å². The Balaban J connectivity index is 2.02. The maximum absolute atomic E-state index is 11.5. The fourth-order valence-electron chi connectivity index (χ4n) is 3.09. The van der Waals surface area contributed by atoms with Crippen molar-refractivity contribution in [3.05, 3.63) is 0 Å². The summed E-state index contributed by atoms with van der Waals surface area (Å²) in [5.74, 6) is 0.804. The molecule has 1 heterocycles. The van der Waals surface area contributed by atoms with Gasteiger partial charge >= 0.3 is 5.97 Å². The van der Waals surface area contributed by atoms with Gasteiger partial charge < -0.3 is 5.11 Å². The van der Waals surface area contributed by atoms with Gasteiger partial charge in [0.2, 0.25) is 0 Å². The van der Waals surface area contributed by atoms with Crippen molar-refractivity contribution in [3.8, 4) is 0 Å². The first-order chi connectivity index (χ1) is 7.56. The summed E-state index contributed by atoms with van der Waals surface area (Å²) in [6, 6.07) is 0. The van der Waals surface area contributed by atoms with E-state index in [1.54, 1.807) is 0 Å². The van der Waals surface area contributed by atoms with Crippen LogP contribution in [0.2, 0.25) is 0 Å². The Labute approximate surface area is 97.8 Å². The van der Waals surface area contributed by atoms with Gasteiger partial charge in [-0.2, -0.15) is 0 Å². The van der Waals surface area contributed by atoms with Crippen LogP contribution in [0, 0.1) is 11.8 Å². The van der Waals surface area contributed by atoms with E-state index in [1.165, 1.54) is 6.42 Å². The highest BCUT2D eigenvalue weighted by Gasteiger charge is 2.49. The molecule has 1 saturated heterocycles. The number of aliphatic carboxylic acids is 1. The van der Waals surface area contributed by atoms with Crippen LogP contribution in [-0.2, 0) is 4.79 Å². The van der Waals surface area contributed by atoms with E-state index in [0.29, 0.717) is 11.8 Å². The zero-order valence-corrected chi connectivity index (χ0v) is 10.4. The lowest BCUT2D eigenvalue weighted by Gasteiger charge is -2.52. The molecule has 1 aliphatic carbocycles. The van der Waals surface area contributed by atoms with Crippen LogP contribution in [0.3, 0.4) is 0 Å². The van der Waals surface area contributed by atoms with Crippen molar-refractivity contribution in [2.75, 3.05) is 13.1 Å². The monoisotopic (exact) mass is 225 g/mol. The number of carbonyl (C=O) groups is 1. The summed E-state index contributed by atoms with van der Waals surface area (Å²) in [4.78, 5) is 13.8. The average molecular weight is 225 g/mol. The molecule has 0 radical (unpaired) electrons. The van der Waals surface area contributed by atoms with Crippen LogP contribution < -0.4 is 0 Å². The van der Waals surface area contributed by atoms with Gasteiger partial charge in [-0.1, -0.05) is 33.1 Å². The molecule has 0 aromatic heterocycles. The Bertz CT molecular complexity index is 263. The van der Waals surface area contributed by atoms with E-state index >= 15 is 0 Å². The smallest absolute Gasteiger partial charge is 0.324 e. The number of hydrogen-bond donors (Lipinski definition) is 1. The molecule has 1 saturated carbocycles. The van der Waals surface area contributed by atoms with Crippen molar-refractivity contribution in [2.45, 2.75) is 51.5 Å². The predicted octanol–water partition coefficient (Wildman–Crippen LogP) is 2.36. The minimum absolute atomic E-state index is 0.510. The van der Waals surface area contributed by atoms with Crippen molar-refractivity contribution >= 4 is 5.97 Å². The molecule has 0 aromatic carbocycles. The fourth-order valence-corrected chi connectivity index (χ4v) is 3.09. The number of hydrogen-bond acceptors (Lipinski definition) is 2. The molecule has 3 heteroatoms. The van der Waals surface area contributed by atoms with Gasteiger partial charge in [0, 0.05) is 13.1 Å². The lowest BCUT2D eigenvalue weighted by Crippen LogP contribution is -2.65. The zero-order valence-electron chi connectivity index (χ0n) is 10.4. The van der Waals surface area contributed by atoms with Crippen molar-refractivity contribution in [1.29, 1.82) is 0 Å². The summed E-state index contributed by atoms with van der Waals surface area (Å²) in [5, 5.41) is 9.51. The van der Waals surface area contributed by atoms with Crippen LogP contribution >= 0.6 is 0 Å². The second-order valence-corrected chi connectivity index (χ2v) is 5.81. The minimum Gasteiger partial charge on any atom is -0.480 e. The van der Waals surface area contributed by atoms with Crippen LogP contribution in [-0.4, -0.2) is 34.6 Å². The van der Waals surface area contributed by atoms with Gasteiger partial charge in [0.25, 0.3) is 0 Å². The van der Waals surface area contributed by atoms with Gasteiger partial charge in [-0.3, -0.25) is 9.69 Å². The highest BCUT2D eigenvalue weighted by Crippen LogP contribution is 2.39. The molecular formula is C13H23NO2.